The number of hydrogen-bond donors (Lipinski definition) is 1. The predicted molar refractivity (Wildman–Crippen MR) is 71.0 cm³/mol. The van der Waals surface area contributed by atoms with Gasteiger partial charge in [0.05, 0.1) is 12.7 Å². The first-order valence-corrected chi connectivity index (χ1v) is 6.76. The van der Waals surface area contributed by atoms with E-state index in [4.69, 9.17) is 10.5 Å². The second-order valence-corrected chi connectivity index (χ2v) is 4.91. The van der Waals surface area contributed by atoms with Crippen molar-refractivity contribution in [3.8, 4) is 0 Å². The summed E-state index contributed by atoms with van der Waals surface area (Å²) >= 11 is 0. The van der Waals surface area contributed by atoms with E-state index in [1.807, 2.05) is 0 Å². The van der Waals surface area contributed by atoms with Gasteiger partial charge in [0.15, 0.2) is 0 Å². The molecule has 1 aliphatic heterocycles. The van der Waals surface area contributed by atoms with Crippen molar-refractivity contribution >= 4 is 0 Å². The summed E-state index contributed by atoms with van der Waals surface area (Å²) in [7, 11) is 0. The highest BCUT2D eigenvalue weighted by Crippen LogP contribution is 2.30. The summed E-state index contributed by atoms with van der Waals surface area (Å²) in [4.78, 5) is 0. The molecule has 2 unspecified atom stereocenters. The summed E-state index contributed by atoms with van der Waals surface area (Å²) in [5.74, 6) is 0. The lowest BCUT2D eigenvalue weighted by Gasteiger charge is -2.26. The van der Waals surface area contributed by atoms with E-state index in [1.54, 1.807) is 0 Å². The van der Waals surface area contributed by atoms with Gasteiger partial charge >= 0.3 is 0 Å². The molecule has 0 aromatic heterocycles. The van der Waals surface area contributed by atoms with Crippen LogP contribution in [-0.2, 0) is 11.2 Å². The lowest BCUT2D eigenvalue weighted by Crippen LogP contribution is -2.20. The molecular formula is C15H23NO. The topological polar surface area (TPSA) is 35.2 Å². The molecule has 1 aliphatic rings. The molecule has 0 fully saturated rings. The molecule has 94 valence electrons. The molecule has 2 atom stereocenters. The zero-order valence-corrected chi connectivity index (χ0v) is 10.7. The summed E-state index contributed by atoms with van der Waals surface area (Å²) in [6.07, 6.45) is 5.80. The highest BCUT2D eigenvalue weighted by Gasteiger charge is 2.19. The molecule has 2 N–H and O–H groups in total. The Morgan fingerprint density at radius 1 is 1.41 bits per heavy atom. The summed E-state index contributed by atoms with van der Waals surface area (Å²) in [6.45, 7) is 3.01. The molecule has 0 aliphatic carbocycles. The molecule has 0 spiro atoms. The number of benzene rings is 1. The fourth-order valence-corrected chi connectivity index (χ4v) is 2.49. The normalized spacial score (nSPS) is 20.9. The quantitative estimate of drug-likeness (QED) is 0.847. The van der Waals surface area contributed by atoms with Gasteiger partial charge in [0.1, 0.15) is 0 Å². The van der Waals surface area contributed by atoms with Gasteiger partial charge in [-0.15, -0.1) is 0 Å². The van der Waals surface area contributed by atoms with Gasteiger partial charge in [-0.3, -0.25) is 0 Å². The third-order valence-corrected chi connectivity index (χ3v) is 3.66. The zero-order chi connectivity index (χ0) is 12.1. The number of fused-ring (bicyclic) bond motifs is 1. The van der Waals surface area contributed by atoms with E-state index in [1.165, 1.54) is 11.1 Å². The Labute approximate surface area is 104 Å². The molecule has 17 heavy (non-hydrogen) atoms. The Morgan fingerprint density at radius 2 is 2.24 bits per heavy atom. The second kappa shape index (κ2) is 6.18. The van der Waals surface area contributed by atoms with Crippen molar-refractivity contribution in [3.63, 3.8) is 0 Å². The minimum absolute atomic E-state index is 0.295. The average molecular weight is 233 g/mol. The molecule has 1 aromatic carbocycles. The first kappa shape index (κ1) is 12.6. The van der Waals surface area contributed by atoms with E-state index in [-0.39, 0.29) is 0 Å². The van der Waals surface area contributed by atoms with Gasteiger partial charge in [0.2, 0.25) is 0 Å². The summed E-state index contributed by atoms with van der Waals surface area (Å²) in [5.41, 5.74) is 8.80. The lowest BCUT2D eigenvalue weighted by atomic mass is 9.94. The van der Waals surface area contributed by atoms with E-state index in [0.717, 1.165) is 38.7 Å². The van der Waals surface area contributed by atoms with Gasteiger partial charge < -0.3 is 10.5 Å². The van der Waals surface area contributed by atoms with E-state index in [2.05, 4.69) is 31.2 Å². The van der Waals surface area contributed by atoms with Crippen LogP contribution in [0, 0.1) is 0 Å². The Morgan fingerprint density at radius 3 is 3.06 bits per heavy atom. The van der Waals surface area contributed by atoms with Crippen LogP contribution in [0.15, 0.2) is 24.3 Å². The molecule has 0 bridgehead atoms. The van der Waals surface area contributed by atoms with Crippen LogP contribution in [0.1, 0.15) is 49.8 Å². The minimum Gasteiger partial charge on any atom is -0.373 e. The van der Waals surface area contributed by atoms with E-state index in [9.17, 15) is 0 Å². The fourth-order valence-electron chi connectivity index (χ4n) is 2.49. The maximum absolute atomic E-state index is 5.94. The maximum Gasteiger partial charge on any atom is 0.0827 e. The largest absolute Gasteiger partial charge is 0.373 e. The molecule has 2 heteroatoms. The maximum atomic E-state index is 5.94. The molecule has 0 saturated heterocycles. The number of rotatable bonds is 5. The van der Waals surface area contributed by atoms with Crippen molar-refractivity contribution in [1.29, 1.82) is 0 Å². The van der Waals surface area contributed by atoms with Crippen molar-refractivity contribution in [1.82, 2.24) is 0 Å². The van der Waals surface area contributed by atoms with Crippen LogP contribution >= 0.6 is 0 Å². The number of hydrogen-bond acceptors (Lipinski definition) is 2. The van der Waals surface area contributed by atoms with Crippen LogP contribution in [0.4, 0.5) is 0 Å². The molecule has 0 radical (unpaired) electrons. The second-order valence-electron chi connectivity index (χ2n) is 4.91. The van der Waals surface area contributed by atoms with Gasteiger partial charge in [-0.2, -0.15) is 0 Å². The van der Waals surface area contributed by atoms with E-state index < -0.39 is 0 Å². The minimum atomic E-state index is 0.295. The van der Waals surface area contributed by atoms with Gasteiger partial charge in [-0.05, 0) is 43.2 Å². The third-order valence-electron chi connectivity index (χ3n) is 3.66. The smallest absolute Gasteiger partial charge is 0.0827 e. The van der Waals surface area contributed by atoms with Crippen LogP contribution < -0.4 is 5.73 Å². The van der Waals surface area contributed by atoms with Crippen molar-refractivity contribution in [2.45, 2.75) is 51.2 Å². The van der Waals surface area contributed by atoms with E-state index in [0.29, 0.717) is 12.1 Å². The molecule has 0 saturated carbocycles. The van der Waals surface area contributed by atoms with Crippen LogP contribution in [-0.4, -0.2) is 12.6 Å². The average Bonchev–Trinajstić information content (AvgIpc) is 2.39. The molecule has 2 rings (SSSR count). The van der Waals surface area contributed by atoms with Crippen LogP contribution in [0.2, 0.25) is 0 Å². The number of ether oxygens (including phenoxy) is 1. The van der Waals surface area contributed by atoms with Crippen LogP contribution in [0.3, 0.4) is 0 Å². The Bertz CT molecular complexity index is 351. The molecular weight excluding hydrogens is 210 g/mol. The van der Waals surface area contributed by atoms with Gasteiger partial charge in [-0.1, -0.05) is 31.2 Å². The molecule has 2 nitrogen and oxygen atoms in total. The third kappa shape index (κ3) is 3.30. The van der Waals surface area contributed by atoms with E-state index >= 15 is 0 Å². The molecule has 0 amide bonds. The van der Waals surface area contributed by atoms with Gasteiger partial charge in [-0.25, -0.2) is 0 Å². The zero-order valence-electron chi connectivity index (χ0n) is 10.7. The molecule has 1 aromatic rings. The first-order chi connectivity index (χ1) is 8.31. The summed E-state index contributed by atoms with van der Waals surface area (Å²) in [5, 5.41) is 0. The standard InChI is InChI=1S/C15H23NO/c1-2-13(16)7-5-9-15-14-8-4-3-6-12(14)10-11-17-15/h3-4,6,8,13,15H,2,5,7,9-11,16H2,1H3. The van der Waals surface area contributed by atoms with Gasteiger partial charge in [0, 0.05) is 6.04 Å². The van der Waals surface area contributed by atoms with Crippen LogP contribution in [0.25, 0.3) is 0 Å². The Hall–Kier alpha value is -0.860. The Kier molecular flexibility index (Phi) is 4.57. The summed E-state index contributed by atoms with van der Waals surface area (Å²) < 4.78 is 5.88. The Balaban J connectivity index is 1.90. The highest BCUT2D eigenvalue weighted by molar-refractivity contribution is 5.30. The van der Waals surface area contributed by atoms with Crippen molar-refractivity contribution in [3.05, 3.63) is 35.4 Å². The van der Waals surface area contributed by atoms with Crippen molar-refractivity contribution in [2.24, 2.45) is 5.73 Å². The number of nitrogens with two attached hydrogens (primary N) is 1. The molecule has 1 heterocycles. The van der Waals surface area contributed by atoms with Crippen molar-refractivity contribution < 1.29 is 4.74 Å². The van der Waals surface area contributed by atoms with Gasteiger partial charge in [0.25, 0.3) is 0 Å². The summed E-state index contributed by atoms with van der Waals surface area (Å²) in [6, 6.07) is 9.02. The van der Waals surface area contributed by atoms with Crippen LogP contribution in [0.5, 0.6) is 0 Å². The fraction of sp³-hybridized carbons (Fsp3) is 0.600. The monoisotopic (exact) mass is 233 g/mol. The predicted octanol–water partition coefficient (Wildman–Crippen LogP) is 3.21. The lowest BCUT2D eigenvalue weighted by molar-refractivity contribution is 0.0346. The SMILES string of the molecule is CCC(N)CCCC1OCCc2ccccc21. The van der Waals surface area contributed by atoms with Crippen molar-refractivity contribution in [2.75, 3.05) is 6.61 Å². The first-order valence-electron chi connectivity index (χ1n) is 6.76. The highest BCUT2D eigenvalue weighted by atomic mass is 16.5.